The molecule has 9 nitrogen and oxygen atoms in total. The molecular formula is C17H16N4O5S. The Bertz CT molecular complexity index is 1120. The van der Waals surface area contributed by atoms with Crippen LogP contribution < -0.4 is 4.31 Å². The summed E-state index contributed by atoms with van der Waals surface area (Å²) in [5.74, 6) is -1.18. The van der Waals surface area contributed by atoms with Crippen molar-refractivity contribution in [1.82, 2.24) is 4.98 Å². The number of azo groups is 1. The molecule has 3 rings (SSSR count). The fourth-order valence-corrected chi connectivity index (χ4v) is 3.15. The van der Waals surface area contributed by atoms with E-state index in [9.17, 15) is 22.9 Å². The Balaban J connectivity index is 1.85. The van der Waals surface area contributed by atoms with Gasteiger partial charge in [-0.25, -0.2) is 4.31 Å². The summed E-state index contributed by atoms with van der Waals surface area (Å²) in [4.78, 5) is 14.8. The fourth-order valence-electron chi connectivity index (χ4n) is 2.49. The smallest absolute Gasteiger partial charge is 0.360 e. The van der Waals surface area contributed by atoms with Gasteiger partial charge in [0, 0.05) is 5.39 Å². The summed E-state index contributed by atoms with van der Waals surface area (Å²) in [5, 5.41) is 17.6. The van der Waals surface area contributed by atoms with Gasteiger partial charge in [-0.15, -0.1) is 10.2 Å². The van der Waals surface area contributed by atoms with E-state index in [2.05, 4.69) is 15.2 Å². The standard InChI is InChI=1S/C17H16N4O5S/c1-11-6-8-12(9-7-11)21(27(24,25)26)10-15(22)19-20-16-13-4-2-3-5-14(13)18-17(16)23/h2-9,18,23H,10H2,1H3,(H,24,25,26). The lowest BCUT2D eigenvalue weighted by atomic mass is 10.2. The van der Waals surface area contributed by atoms with E-state index >= 15 is 0 Å². The van der Waals surface area contributed by atoms with Crippen LogP contribution in [0.5, 0.6) is 5.88 Å². The van der Waals surface area contributed by atoms with Crippen molar-refractivity contribution in [3.63, 3.8) is 0 Å². The molecule has 0 aliphatic rings. The first-order valence-corrected chi connectivity index (χ1v) is 9.21. The zero-order valence-electron chi connectivity index (χ0n) is 14.2. The van der Waals surface area contributed by atoms with E-state index in [4.69, 9.17) is 0 Å². The number of aryl methyl sites for hydroxylation is 1. The molecule has 1 amide bonds. The number of carbonyl (C=O) groups is 1. The normalized spacial score (nSPS) is 11.9. The Kier molecular flexibility index (Phi) is 4.93. The molecule has 0 aliphatic carbocycles. The molecule has 0 atom stereocenters. The van der Waals surface area contributed by atoms with Gasteiger partial charge in [0.05, 0.1) is 11.2 Å². The number of fused-ring (bicyclic) bond motifs is 1. The van der Waals surface area contributed by atoms with E-state index in [1.165, 1.54) is 12.1 Å². The third-order valence-electron chi connectivity index (χ3n) is 3.80. The number of nitrogens with one attached hydrogen (secondary N) is 1. The van der Waals surface area contributed by atoms with Crippen LogP contribution in [0.3, 0.4) is 0 Å². The number of carbonyl (C=O) groups excluding carboxylic acids is 1. The molecule has 0 saturated heterocycles. The second-order valence-electron chi connectivity index (χ2n) is 5.78. The number of rotatable bonds is 5. The number of hydrogen-bond donors (Lipinski definition) is 3. The highest BCUT2D eigenvalue weighted by molar-refractivity contribution is 7.87. The second-order valence-corrected chi connectivity index (χ2v) is 7.12. The zero-order valence-corrected chi connectivity index (χ0v) is 15.0. The van der Waals surface area contributed by atoms with Gasteiger partial charge >= 0.3 is 10.3 Å². The third-order valence-corrected chi connectivity index (χ3v) is 4.70. The summed E-state index contributed by atoms with van der Waals surface area (Å²) in [6.45, 7) is 1.07. The minimum Gasteiger partial charge on any atom is -0.493 e. The van der Waals surface area contributed by atoms with Crippen LogP contribution in [0.2, 0.25) is 0 Å². The number of hydrogen-bond acceptors (Lipinski definition) is 5. The molecule has 10 heteroatoms. The summed E-state index contributed by atoms with van der Waals surface area (Å²) in [6.07, 6.45) is 0. The van der Waals surface area contributed by atoms with E-state index in [1.807, 2.05) is 6.92 Å². The Morgan fingerprint density at radius 1 is 1.15 bits per heavy atom. The van der Waals surface area contributed by atoms with E-state index in [0.29, 0.717) is 15.2 Å². The summed E-state index contributed by atoms with van der Waals surface area (Å²) in [7, 11) is -4.69. The molecule has 27 heavy (non-hydrogen) atoms. The van der Waals surface area contributed by atoms with E-state index < -0.39 is 22.8 Å². The first kappa shape index (κ1) is 18.5. The number of benzene rings is 2. The zero-order chi connectivity index (χ0) is 19.6. The largest absolute Gasteiger partial charge is 0.493 e. The second kappa shape index (κ2) is 7.17. The van der Waals surface area contributed by atoms with Crippen LogP contribution in [0, 0.1) is 6.92 Å². The highest BCUT2D eigenvalue weighted by Gasteiger charge is 2.23. The van der Waals surface area contributed by atoms with Gasteiger partial charge in [-0.3, -0.25) is 9.35 Å². The average molecular weight is 388 g/mol. The lowest BCUT2D eigenvalue weighted by Crippen LogP contribution is -2.34. The number of H-pyrrole nitrogens is 1. The Morgan fingerprint density at radius 3 is 2.48 bits per heavy atom. The molecule has 0 aliphatic heterocycles. The Morgan fingerprint density at radius 2 is 1.81 bits per heavy atom. The van der Waals surface area contributed by atoms with Gasteiger partial charge < -0.3 is 10.1 Å². The molecule has 1 aromatic heterocycles. The van der Waals surface area contributed by atoms with Gasteiger partial charge in [-0.05, 0) is 25.1 Å². The molecule has 0 spiro atoms. The lowest BCUT2D eigenvalue weighted by Gasteiger charge is -2.18. The first-order chi connectivity index (χ1) is 12.8. The molecule has 1 heterocycles. The van der Waals surface area contributed by atoms with Crippen molar-refractivity contribution in [3.05, 3.63) is 54.1 Å². The van der Waals surface area contributed by atoms with Crippen LogP contribution >= 0.6 is 0 Å². The van der Waals surface area contributed by atoms with Gasteiger partial charge in [-0.2, -0.15) is 8.42 Å². The average Bonchev–Trinajstić information content (AvgIpc) is 2.93. The maximum absolute atomic E-state index is 12.1. The van der Waals surface area contributed by atoms with Gasteiger partial charge in [0.1, 0.15) is 6.54 Å². The predicted octanol–water partition coefficient (Wildman–Crippen LogP) is 3.10. The van der Waals surface area contributed by atoms with Crippen molar-refractivity contribution in [2.45, 2.75) is 6.92 Å². The number of aromatic hydroxyl groups is 1. The fraction of sp³-hybridized carbons (Fsp3) is 0.118. The van der Waals surface area contributed by atoms with Crippen molar-refractivity contribution in [2.24, 2.45) is 10.2 Å². The minimum atomic E-state index is -4.69. The van der Waals surface area contributed by atoms with Crippen molar-refractivity contribution >= 4 is 38.5 Å². The van der Waals surface area contributed by atoms with Crippen LogP contribution in [0.4, 0.5) is 11.4 Å². The number of aromatic nitrogens is 1. The maximum atomic E-state index is 12.1. The molecular weight excluding hydrogens is 372 g/mol. The van der Waals surface area contributed by atoms with Crippen molar-refractivity contribution in [3.8, 4) is 5.88 Å². The van der Waals surface area contributed by atoms with Crippen LogP contribution in [0.1, 0.15) is 5.56 Å². The molecule has 0 bridgehead atoms. The van der Waals surface area contributed by atoms with E-state index in [1.54, 1.807) is 36.4 Å². The van der Waals surface area contributed by atoms with Gasteiger partial charge in [-0.1, -0.05) is 35.9 Å². The molecule has 0 fully saturated rings. The monoisotopic (exact) mass is 388 g/mol. The number of anilines is 1. The molecule has 140 valence electrons. The van der Waals surface area contributed by atoms with Crippen molar-refractivity contribution in [1.29, 1.82) is 0 Å². The van der Waals surface area contributed by atoms with Gasteiger partial charge in [0.15, 0.2) is 5.69 Å². The SMILES string of the molecule is Cc1ccc(N(CC(=O)N=Nc2c(O)[nH]c3ccccc23)S(=O)(=O)O)cc1. The number of para-hydroxylation sites is 1. The van der Waals surface area contributed by atoms with Crippen LogP contribution in [0.25, 0.3) is 10.9 Å². The first-order valence-electron chi connectivity index (χ1n) is 7.82. The van der Waals surface area contributed by atoms with Crippen molar-refractivity contribution < 1.29 is 22.9 Å². The molecule has 0 radical (unpaired) electrons. The topological polar surface area (TPSA) is 135 Å². The highest BCUT2D eigenvalue weighted by Crippen LogP contribution is 2.35. The van der Waals surface area contributed by atoms with E-state index in [0.717, 1.165) is 5.56 Å². The summed E-state index contributed by atoms with van der Waals surface area (Å²) in [6, 6.07) is 13.1. The Labute approximate surface area is 154 Å². The van der Waals surface area contributed by atoms with E-state index in [-0.39, 0.29) is 17.3 Å². The number of nitrogens with zero attached hydrogens (tertiary/aromatic N) is 3. The van der Waals surface area contributed by atoms with Gasteiger partial charge in [0.25, 0.3) is 5.91 Å². The molecule has 3 N–H and O–H groups in total. The minimum absolute atomic E-state index is 0.0627. The highest BCUT2D eigenvalue weighted by atomic mass is 32.2. The number of aromatic amines is 1. The summed E-state index contributed by atoms with van der Waals surface area (Å²) < 4.78 is 33.2. The van der Waals surface area contributed by atoms with Crippen LogP contribution in [0.15, 0.2) is 58.8 Å². The molecule has 3 aromatic rings. The molecule has 2 aromatic carbocycles. The summed E-state index contributed by atoms with van der Waals surface area (Å²) in [5.41, 5.74) is 1.67. The van der Waals surface area contributed by atoms with Crippen LogP contribution in [-0.4, -0.2) is 35.5 Å². The van der Waals surface area contributed by atoms with Gasteiger partial charge in [0.2, 0.25) is 5.88 Å². The Hall–Kier alpha value is -3.24. The maximum Gasteiger partial charge on any atom is 0.360 e. The quantitative estimate of drug-likeness (QED) is 0.456. The van der Waals surface area contributed by atoms with Crippen molar-refractivity contribution in [2.75, 3.05) is 10.8 Å². The molecule has 0 unspecified atom stereocenters. The predicted molar refractivity (Wildman–Crippen MR) is 99.6 cm³/mol. The van der Waals surface area contributed by atoms with Crippen LogP contribution in [-0.2, 0) is 15.1 Å². The lowest BCUT2D eigenvalue weighted by molar-refractivity contribution is -0.116. The summed E-state index contributed by atoms with van der Waals surface area (Å²) >= 11 is 0. The third kappa shape index (κ3) is 4.13. The molecule has 0 saturated carbocycles. The number of amides is 1.